The number of piperidine rings is 3. The van der Waals surface area contributed by atoms with Gasteiger partial charge in [-0.15, -0.1) is 0 Å². The van der Waals surface area contributed by atoms with Crippen molar-refractivity contribution in [1.29, 1.82) is 0 Å². The SMILES string of the molecule is NC1CCN(C(=O)CCC2(O)CCN(c3cccc4c3C(=O)N(C3CCC(=O)NC3=O)C4=O)CC2)CC1. The van der Waals surface area contributed by atoms with Gasteiger partial charge in [0.15, 0.2) is 0 Å². The minimum atomic E-state index is -1.02. The van der Waals surface area contributed by atoms with Crippen LogP contribution in [0.15, 0.2) is 18.2 Å². The predicted molar refractivity (Wildman–Crippen MR) is 133 cm³/mol. The first-order chi connectivity index (χ1) is 17.7. The molecule has 1 aromatic carbocycles. The highest BCUT2D eigenvalue weighted by atomic mass is 16.3. The first kappa shape index (κ1) is 25.3. The van der Waals surface area contributed by atoms with Gasteiger partial charge < -0.3 is 20.6 Å². The van der Waals surface area contributed by atoms with Gasteiger partial charge in [-0.25, -0.2) is 0 Å². The van der Waals surface area contributed by atoms with Crippen molar-refractivity contribution in [3.05, 3.63) is 29.3 Å². The van der Waals surface area contributed by atoms with Crippen LogP contribution < -0.4 is 16.0 Å². The molecule has 1 aromatic rings. The number of nitrogens with zero attached hydrogens (tertiary/aromatic N) is 3. The molecule has 4 N–H and O–H groups in total. The Morgan fingerprint density at radius 2 is 1.73 bits per heavy atom. The summed E-state index contributed by atoms with van der Waals surface area (Å²) in [4.78, 5) is 67.8. The lowest BCUT2D eigenvalue weighted by Crippen LogP contribution is -2.54. The lowest BCUT2D eigenvalue weighted by atomic mass is 9.86. The number of likely N-dealkylation sites (tertiary alicyclic amines) is 1. The lowest BCUT2D eigenvalue weighted by molar-refractivity contribution is -0.136. The molecule has 0 aliphatic carbocycles. The molecule has 0 aromatic heterocycles. The Hall–Kier alpha value is -3.31. The van der Waals surface area contributed by atoms with E-state index in [2.05, 4.69) is 5.32 Å². The van der Waals surface area contributed by atoms with E-state index in [0.717, 1.165) is 17.7 Å². The number of imide groups is 2. The van der Waals surface area contributed by atoms with Crippen LogP contribution in [0.1, 0.15) is 72.1 Å². The van der Waals surface area contributed by atoms with Gasteiger partial charge in [-0.2, -0.15) is 0 Å². The van der Waals surface area contributed by atoms with Crippen molar-refractivity contribution in [1.82, 2.24) is 15.1 Å². The van der Waals surface area contributed by atoms with Crippen LogP contribution in [-0.4, -0.2) is 88.3 Å². The van der Waals surface area contributed by atoms with E-state index in [0.29, 0.717) is 51.1 Å². The van der Waals surface area contributed by atoms with Crippen LogP contribution in [0.4, 0.5) is 5.69 Å². The number of aliphatic hydroxyl groups is 1. The standard InChI is InChI=1S/C26H33N5O6/c27-16-7-12-30(13-8-16)21(33)6-9-26(37)10-14-29(15-11-26)18-3-1-2-17-22(18)25(36)31(24(17)35)19-4-5-20(32)28-23(19)34/h1-3,16,19,37H,4-15,27H2,(H,28,32,34). The fourth-order valence-electron chi connectivity index (χ4n) is 5.82. The van der Waals surface area contributed by atoms with Crippen LogP contribution in [0, 0.1) is 0 Å². The summed E-state index contributed by atoms with van der Waals surface area (Å²) in [6.07, 6.45) is 3.27. The van der Waals surface area contributed by atoms with Crippen molar-refractivity contribution in [2.45, 2.75) is 69.1 Å². The molecule has 11 heteroatoms. The summed E-state index contributed by atoms with van der Waals surface area (Å²) in [5, 5.41) is 13.4. The van der Waals surface area contributed by atoms with Crippen molar-refractivity contribution in [3.8, 4) is 0 Å². The van der Waals surface area contributed by atoms with Crippen LogP contribution in [0.25, 0.3) is 0 Å². The van der Waals surface area contributed by atoms with Gasteiger partial charge in [0.25, 0.3) is 11.8 Å². The number of carbonyl (C=O) groups is 5. The third-order valence-corrected chi connectivity index (χ3v) is 8.18. The van der Waals surface area contributed by atoms with Crippen LogP contribution in [0.2, 0.25) is 0 Å². The molecule has 37 heavy (non-hydrogen) atoms. The highest BCUT2D eigenvalue weighted by Gasteiger charge is 2.46. The third-order valence-electron chi connectivity index (χ3n) is 8.18. The van der Waals surface area contributed by atoms with Crippen molar-refractivity contribution >= 4 is 35.2 Å². The zero-order valence-electron chi connectivity index (χ0n) is 20.8. The fourth-order valence-corrected chi connectivity index (χ4v) is 5.82. The highest BCUT2D eigenvalue weighted by molar-refractivity contribution is 6.25. The molecule has 4 heterocycles. The number of nitrogens with two attached hydrogens (primary N) is 1. The minimum absolute atomic E-state index is 0.0429. The van der Waals surface area contributed by atoms with E-state index in [1.807, 2.05) is 9.80 Å². The van der Waals surface area contributed by atoms with E-state index in [-0.39, 0.29) is 42.3 Å². The van der Waals surface area contributed by atoms with Gasteiger partial charge in [-0.3, -0.25) is 34.2 Å². The molecule has 0 spiro atoms. The van der Waals surface area contributed by atoms with Gasteiger partial charge in [0.2, 0.25) is 17.7 Å². The predicted octanol–water partition coefficient (Wildman–Crippen LogP) is 0.149. The molecule has 3 fully saturated rings. The summed E-state index contributed by atoms with van der Waals surface area (Å²) in [5.41, 5.74) is 6.02. The molecule has 3 saturated heterocycles. The molecule has 5 amide bonds. The van der Waals surface area contributed by atoms with Crippen LogP contribution >= 0.6 is 0 Å². The number of anilines is 1. The second kappa shape index (κ2) is 9.86. The number of amides is 5. The molecule has 0 saturated carbocycles. The lowest BCUT2D eigenvalue weighted by Gasteiger charge is -2.40. The van der Waals surface area contributed by atoms with Crippen LogP contribution in [0.5, 0.6) is 0 Å². The third kappa shape index (κ3) is 4.85. The van der Waals surface area contributed by atoms with Crippen molar-refractivity contribution in [2.24, 2.45) is 5.73 Å². The van der Waals surface area contributed by atoms with Gasteiger partial charge in [0, 0.05) is 45.1 Å². The van der Waals surface area contributed by atoms with Crippen LogP contribution in [0.3, 0.4) is 0 Å². The number of hydrogen-bond acceptors (Lipinski definition) is 8. The Labute approximate surface area is 214 Å². The zero-order valence-corrected chi connectivity index (χ0v) is 20.8. The Morgan fingerprint density at radius 1 is 1.03 bits per heavy atom. The molecule has 0 radical (unpaired) electrons. The molecule has 1 unspecified atom stereocenters. The van der Waals surface area contributed by atoms with Gasteiger partial charge in [-0.1, -0.05) is 6.07 Å². The second-order valence-corrected chi connectivity index (χ2v) is 10.6. The van der Waals surface area contributed by atoms with E-state index in [4.69, 9.17) is 5.73 Å². The maximum absolute atomic E-state index is 13.4. The Balaban J connectivity index is 1.24. The minimum Gasteiger partial charge on any atom is -0.390 e. The van der Waals surface area contributed by atoms with Gasteiger partial charge >= 0.3 is 0 Å². The Bertz CT molecular complexity index is 1140. The normalized spacial score (nSPS) is 24.4. The van der Waals surface area contributed by atoms with E-state index in [1.54, 1.807) is 18.2 Å². The summed E-state index contributed by atoms with van der Waals surface area (Å²) < 4.78 is 0. The number of hydrogen-bond donors (Lipinski definition) is 3. The van der Waals surface area contributed by atoms with Crippen LogP contribution in [-0.2, 0) is 14.4 Å². The highest BCUT2D eigenvalue weighted by Crippen LogP contribution is 2.37. The zero-order chi connectivity index (χ0) is 26.3. The topological polar surface area (TPSA) is 153 Å². The fraction of sp³-hybridized carbons (Fsp3) is 0.577. The molecule has 1 atom stereocenters. The quantitative estimate of drug-likeness (QED) is 0.472. The number of fused-ring (bicyclic) bond motifs is 1. The van der Waals surface area contributed by atoms with E-state index < -0.39 is 35.3 Å². The van der Waals surface area contributed by atoms with Gasteiger partial charge in [-0.05, 0) is 50.7 Å². The average Bonchev–Trinajstić information content (AvgIpc) is 3.14. The smallest absolute Gasteiger partial charge is 0.264 e. The number of carbonyl (C=O) groups excluding carboxylic acids is 5. The largest absolute Gasteiger partial charge is 0.390 e. The summed E-state index contributed by atoms with van der Waals surface area (Å²) in [6, 6.07) is 4.18. The summed E-state index contributed by atoms with van der Waals surface area (Å²) >= 11 is 0. The number of nitrogens with one attached hydrogen (secondary N) is 1. The average molecular weight is 512 g/mol. The molecular formula is C26H33N5O6. The van der Waals surface area contributed by atoms with Crippen molar-refractivity contribution < 1.29 is 29.1 Å². The van der Waals surface area contributed by atoms with Gasteiger partial charge in [0.05, 0.1) is 22.4 Å². The molecule has 11 nitrogen and oxygen atoms in total. The molecule has 5 rings (SSSR count). The molecule has 4 aliphatic rings. The Morgan fingerprint density at radius 3 is 2.41 bits per heavy atom. The van der Waals surface area contributed by atoms with Crippen molar-refractivity contribution in [3.63, 3.8) is 0 Å². The first-order valence-electron chi connectivity index (χ1n) is 13.0. The summed E-state index contributed by atoms with van der Waals surface area (Å²) in [7, 11) is 0. The maximum atomic E-state index is 13.4. The summed E-state index contributed by atoms with van der Waals surface area (Å²) in [5.74, 6) is -2.10. The molecule has 198 valence electrons. The molecular weight excluding hydrogens is 478 g/mol. The second-order valence-electron chi connectivity index (χ2n) is 10.6. The first-order valence-corrected chi connectivity index (χ1v) is 13.0. The maximum Gasteiger partial charge on any atom is 0.264 e. The monoisotopic (exact) mass is 511 g/mol. The van der Waals surface area contributed by atoms with E-state index in [1.165, 1.54) is 0 Å². The van der Waals surface area contributed by atoms with E-state index in [9.17, 15) is 29.1 Å². The van der Waals surface area contributed by atoms with Gasteiger partial charge in [0.1, 0.15) is 6.04 Å². The van der Waals surface area contributed by atoms with Crippen molar-refractivity contribution in [2.75, 3.05) is 31.1 Å². The van der Waals surface area contributed by atoms with E-state index >= 15 is 0 Å². The molecule has 0 bridgehead atoms. The molecule has 4 aliphatic heterocycles. The number of benzene rings is 1. The summed E-state index contributed by atoms with van der Waals surface area (Å²) in [6.45, 7) is 2.24. The Kier molecular flexibility index (Phi) is 6.76. The number of rotatable bonds is 5.